The second kappa shape index (κ2) is 2.18. The van der Waals surface area contributed by atoms with Gasteiger partial charge in [-0.15, -0.1) is 4.91 Å². The first-order valence-electron chi connectivity index (χ1n) is 1.39. The standard InChI is InChI=1S/CH3I4NOS/c1-8(2,3,4,5)6-7/h1H3. The van der Waals surface area contributed by atoms with Crippen molar-refractivity contribution in [3.8, 4) is 0 Å². The molecule has 0 fully saturated rings. The van der Waals surface area contributed by atoms with Crippen LogP contribution >= 0.6 is 82.0 Å². The molecule has 0 bridgehead atoms. The zero-order chi connectivity index (χ0) is 7.12. The molecular weight excluding hydrogens is 582 g/mol. The summed E-state index contributed by atoms with van der Waals surface area (Å²) in [6.45, 7) is 0. The number of halogens is 4. The molecule has 0 aliphatic heterocycles. The predicted octanol–water partition coefficient (Wildman–Crippen LogP) is 4.57. The highest BCUT2D eigenvalue weighted by atomic mass is 127. The number of nitroso groups, excluding NO2 is 1. The lowest BCUT2D eigenvalue weighted by atomic mass is 12.0. The fourth-order valence-corrected chi connectivity index (χ4v) is 0. The van der Waals surface area contributed by atoms with Gasteiger partial charge in [-0.1, -0.05) is 0 Å². The van der Waals surface area contributed by atoms with Crippen molar-refractivity contribution in [3.63, 3.8) is 0 Å². The van der Waals surface area contributed by atoms with Crippen molar-refractivity contribution in [2.75, 3.05) is 6.26 Å². The molecule has 0 aromatic carbocycles. The molecule has 7 heteroatoms. The van der Waals surface area contributed by atoms with Gasteiger partial charge in [-0.2, -0.15) is 0 Å². The van der Waals surface area contributed by atoms with Crippen LogP contribution in [-0.2, 0) is 0 Å². The van der Waals surface area contributed by atoms with Crippen LogP contribution in [0.3, 0.4) is 0 Å². The maximum absolute atomic E-state index is 10.2. The van der Waals surface area contributed by atoms with Crippen molar-refractivity contribution in [1.29, 1.82) is 0 Å². The molecule has 0 N–H and O–H groups in total. The third-order valence-corrected chi connectivity index (χ3v) is 2.49. The number of rotatable bonds is 1. The molecule has 0 saturated heterocycles. The van der Waals surface area contributed by atoms with E-state index in [2.05, 4.69) is 89.4 Å². The fourth-order valence-electron chi connectivity index (χ4n) is 0. The predicted molar refractivity (Wildman–Crippen MR) is 75.4 cm³/mol. The smallest absolute Gasteiger partial charge is 0.00843 e. The van der Waals surface area contributed by atoms with E-state index >= 15 is 0 Å². The minimum Gasteiger partial charge on any atom is -0.138 e. The van der Waals surface area contributed by atoms with Gasteiger partial charge in [0.25, 0.3) is 0 Å². The molecule has 0 heterocycles. The molecule has 0 atom stereocenters. The molecule has 0 rings (SSSR count). The second-order valence-electron chi connectivity index (χ2n) is 1.50. The second-order valence-corrected chi connectivity index (χ2v) is 66.0. The Labute approximate surface area is 95.4 Å². The Balaban J connectivity index is 4.77. The Morgan fingerprint density at radius 3 is 1.38 bits per heavy atom. The van der Waals surface area contributed by atoms with Crippen molar-refractivity contribution in [3.05, 3.63) is 4.91 Å². The zero-order valence-corrected chi connectivity index (χ0v) is 13.2. The van der Waals surface area contributed by atoms with Crippen molar-refractivity contribution in [2.24, 2.45) is 4.58 Å². The molecule has 52 valence electrons. The maximum Gasteiger partial charge on any atom is 0.00843 e. The van der Waals surface area contributed by atoms with Crippen LogP contribution in [0.4, 0.5) is 0 Å². The van der Waals surface area contributed by atoms with Gasteiger partial charge < -0.3 is 0 Å². The van der Waals surface area contributed by atoms with Gasteiger partial charge in [0.05, 0.1) is 0 Å². The molecule has 0 aromatic heterocycles. The Bertz CT molecular complexity index is 119. The van der Waals surface area contributed by atoms with Crippen LogP contribution in [0.15, 0.2) is 4.58 Å². The van der Waals surface area contributed by atoms with E-state index < -0.39 is -2.83 Å². The summed E-state index contributed by atoms with van der Waals surface area (Å²) < 4.78 is 0.547. The first kappa shape index (κ1) is 10.9. The van der Waals surface area contributed by atoms with Gasteiger partial charge in [-0.3, -0.25) is 0 Å². The van der Waals surface area contributed by atoms with E-state index in [9.17, 15) is 4.91 Å². The summed E-state index contributed by atoms with van der Waals surface area (Å²) in [4.78, 5) is 10.2. The summed E-state index contributed by atoms with van der Waals surface area (Å²) in [7, 11) is 0. The summed E-state index contributed by atoms with van der Waals surface area (Å²) >= 11 is 8.43. The lowest BCUT2D eigenvalue weighted by Crippen LogP contribution is -1.91. The third kappa shape index (κ3) is 8.87. The molecule has 0 aliphatic carbocycles. The van der Waals surface area contributed by atoms with Gasteiger partial charge in [0, 0.05) is 91.1 Å². The van der Waals surface area contributed by atoms with Gasteiger partial charge in [0.1, 0.15) is 0 Å². The fraction of sp³-hybridized carbons (Fsp3) is 1.00. The Hall–Kier alpha value is 2.87. The topological polar surface area (TPSA) is 29.4 Å². The maximum atomic E-state index is 10.2. The van der Waals surface area contributed by atoms with Crippen molar-refractivity contribution < 1.29 is 0 Å². The van der Waals surface area contributed by atoms with Crippen LogP contribution in [0, 0.1) is 4.91 Å². The average Bonchev–Trinajstić information content (AvgIpc) is 1.30. The molecule has 0 aromatic rings. The molecule has 0 saturated carbocycles. The number of hydrogen-bond donors (Lipinski definition) is 0. The van der Waals surface area contributed by atoms with E-state index in [1.54, 1.807) is 0 Å². The van der Waals surface area contributed by atoms with E-state index in [0.717, 1.165) is 0 Å². The molecule has 2 nitrogen and oxygen atoms in total. The van der Waals surface area contributed by atoms with E-state index in [4.69, 9.17) is 0 Å². The monoisotopic (exact) mass is 585 g/mol. The van der Waals surface area contributed by atoms with Crippen LogP contribution in [0.1, 0.15) is 0 Å². The van der Waals surface area contributed by atoms with E-state index in [0.29, 0.717) is 0 Å². The lowest BCUT2D eigenvalue weighted by Gasteiger charge is -2.47. The normalized spacial score (nSPS) is 21.1. The minimum absolute atomic E-state index is 1.87. The SMILES string of the molecule is CS(I)(I)(I)(I)N=O. The molecular formula is CH3I4NOS. The van der Waals surface area contributed by atoms with Crippen molar-refractivity contribution in [1.82, 2.24) is 0 Å². The van der Waals surface area contributed by atoms with E-state index in [1.165, 1.54) is 0 Å². The summed E-state index contributed by atoms with van der Waals surface area (Å²) in [6.07, 6.45) is 1.87. The van der Waals surface area contributed by atoms with Crippen molar-refractivity contribution >= 4 is 82.0 Å². The van der Waals surface area contributed by atoms with Crippen LogP contribution in [-0.4, -0.2) is 6.26 Å². The van der Waals surface area contributed by atoms with Crippen LogP contribution in [0.25, 0.3) is 0 Å². The van der Waals surface area contributed by atoms with E-state index in [-0.39, 0.29) is 0 Å². The Morgan fingerprint density at radius 1 is 1.25 bits per heavy atom. The first-order chi connectivity index (χ1) is 3.04. The molecule has 8 heavy (non-hydrogen) atoms. The van der Waals surface area contributed by atoms with Crippen LogP contribution in [0.5, 0.6) is 0 Å². The summed E-state index contributed by atoms with van der Waals surface area (Å²) in [5.41, 5.74) is 0. The first-order valence-corrected chi connectivity index (χ1v) is 14.4. The summed E-state index contributed by atoms with van der Waals surface area (Å²) in [6, 6.07) is 0. The van der Waals surface area contributed by atoms with Gasteiger partial charge in [0.15, 0.2) is 0 Å². The molecule has 0 unspecified atom stereocenters. The summed E-state index contributed by atoms with van der Waals surface area (Å²) in [5, 5.41) is 0. The molecule has 0 amide bonds. The average molecular weight is 585 g/mol. The number of nitrogens with zero attached hydrogens (tertiary/aromatic N) is 1. The largest absolute Gasteiger partial charge is 0.138 e. The molecule has 0 radical (unpaired) electrons. The number of hydrogen-bond acceptors (Lipinski definition) is 2. The lowest BCUT2D eigenvalue weighted by molar-refractivity contribution is 1.86. The van der Waals surface area contributed by atoms with Gasteiger partial charge >= 0.3 is 0 Å². The quantitative estimate of drug-likeness (QED) is 0.328. The van der Waals surface area contributed by atoms with Crippen LogP contribution in [0.2, 0.25) is 0 Å². The van der Waals surface area contributed by atoms with Gasteiger partial charge in [0.2, 0.25) is 0 Å². The van der Waals surface area contributed by atoms with Gasteiger partial charge in [-0.05, 0) is 1.75 Å². The highest BCUT2D eigenvalue weighted by Gasteiger charge is 2.47. The van der Waals surface area contributed by atoms with Gasteiger partial charge in [-0.25, -0.2) is 0 Å². The highest BCUT2D eigenvalue weighted by molar-refractivity contribution is 14.6. The van der Waals surface area contributed by atoms with Crippen LogP contribution < -0.4 is 0 Å². The van der Waals surface area contributed by atoms with Crippen molar-refractivity contribution in [2.45, 2.75) is 0 Å². The zero-order valence-electron chi connectivity index (χ0n) is 3.78. The molecule has 0 spiro atoms. The molecule has 0 aliphatic rings. The Morgan fingerprint density at radius 2 is 1.38 bits per heavy atom. The van der Waals surface area contributed by atoms with E-state index in [1.807, 2.05) is 6.26 Å². The third-order valence-electron chi connectivity index (χ3n) is 0.187. The minimum atomic E-state index is -2.55. The Kier molecular flexibility index (Phi) is 2.96. The highest BCUT2D eigenvalue weighted by Crippen LogP contribution is 3.11. The summed E-state index contributed by atoms with van der Waals surface area (Å²) in [5.74, 6) is 0.